The number of carboxylic acid groups (broad SMARTS) is 1. The number of benzene rings is 3. The monoisotopic (exact) mass is 487 g/mol. The van der Waals surface area contributed by atoms with Crippen LogP contribution in [0.1, 0.15) is 48.0 Å². The Labute approximate surface area is 209 Å². The van der Waals surface area contributed by atoms with Crippen molar-refractivity contribution < 1.29 is 28.6 Å². The summed E-state index contributed by atoms with van der Waals surface area (Å²) in [7, 11) is 0. The molecule has 0 saturated carbocycles. The smallest absolute Gasteiger partial charge is 0.375 e. The van der Waals surface area contributed by atoms with Crippen molar-refractivity contribution in [2.45, 2.75) is 45.9 Å². The van der Waals surface area contributed by atoms with Gasteiger partial charge in [-0.05, 0) is 61.7 Å². The number of rotatable bonds is 8. The normalized spacial score (nSPS) is 11.4. The number of carbonyl (C=O) groups is 2. The van der Waals surface area contributed by atoms with Crippen molar-refractivity contribution in [3.8, 4) is 16.9 Å². The van der Waals surface area contributed by atoms with Crippen LogP contribution in [0.3, 0.4) is 0 Å². The molecule has 186 valence electrons. The molecule has 3 N–H and O–H groups in total. The van der Waals surface area contributed by atoms with E-state index in [-0.39, 0.29) is 18.8 Å². The van der Waals surface area contributed by atoms with Gasteiger partial charge in [0.2, 0.25) is 5.76 Å². The largest absolute Gasteiger partial charge is 0.488 e. The predicted octanol–water partition coefficient (Wildman–Crippen LogP) is 5.72. The number of carboxylic acids is 1. The fourth-order valence-corrected chi connectivity index (χ4v) is 3.94. The van der Waals surface area contributed by atoms with Gasteiger partial charge in [-0.3, -0.25) is 4.79 Å². The van der Waals surface area contributed by atoms with Crippen LogP contribution in [0.15, 0.2) is 71.1 Å². The molecule has 0 aliphatic rings. The first kappa shape index (κ1) is 25.0. The summed E-state index contributed by atoms with van der Waals surface area (Å²) >= 11 is 0. The molecule has 7 nitrogen and oxygen atoms in total. The van der Waals surface area contributed by atoms with Crippen LogP contribution in [0.4, 0.5) is 0 Å². The van der Waals surface area contributed by atoms with Crippen LogP contribution in [0.5, 0.6) is 5.75 Å². The van der Waals surface area contributed by atoms with Crippen LogP contribution < -0.4 is 10.5 Å². The van der Waals surface area contributed by atoms with Crippen LogP contribution in [0.25, 0.3) is 22.1 Å². The number of nitrogens with two attached hydrogens (primary N) is 1. The summed E-state index contributed by atoms with van der Waals surface area (Å²) in [5.74, 6) is -1.07. The first-order valence-electron chi connectivity index (χ1n) is 11.7. The van der Waals surface area contributed by atoms with Gasteiger partial charge in [-0.1, -0.05) is 42.5 Å². The predicted molar refractivity (Wildman–Crippen MR) is 137 cm³/mol. The molecular weight excluding hydrogens is 458 g/mol. The fraction of sp³-hybridized carbons (Fsp3) is 0.241. The maximum absolute atomic E-state index is 13.0. The molecule has 0 unspecified atom stereocenters. The number of carbonyl (C=O) groups excluding carboxylic acids is 1. The molecule has 3 aromatic carbocycles. The zero-order chi connectivity index (χ0) is 25.9. The molecule has 36 heavy (non-hydrogen) atoms. The second-order valence-corrected chi connectivity index (χ2v) is 9.49. The second-order valence-electron chi connectivity index (χ2n) is 9.49. The molecule has 0 aliphatic heterocycles. The molecule has 4 aromatic rings. The van der Waals surface area contributed by atoms with E-state index in [9.17, 15) is 14.7 Å². The Balaban J connectivity index is 1.77. The maximum Gasteiger partial charge on any atom is 0.375 e. The van der Waals surface area contributed by atoms with Gasteiger partial charge in [0.1, 0.15) is 23.5 Å². The summed E-state index contributed by atoms with van der Waals surface area (Å²) in [6, 6.07) is 20.6. The molecule has 1 heterocycles. The lowest BCUT2D eigenvalue weighted by Crippen LogP contribution is -2.24. The third-order valence-electron chi connectivity index (χ3n) is 5.56. The maximum atomic E-state index is 13.0. The van der Waals surface area contributed by atoms with Gasteiger partial charge in [0.15, 0.2) is 0 Å². The number of para-hydroxylation sites is 1. The highest BCUT2D eigenvalue weighted by atomic mass is 16.6. The van der Waals surface area contributed by atoms with Crippen molar-refractivity contribution >= 4 is 22.9 Å². The topological polar surface area (TPSA) is 112 Å². The lowest BCUT2D eigenvalue weighted by atomic mass is 10.0. The van der Waals surface area contributed by atoms with Crippen LogP contribution in [0.2, 0.25) is 0 Å². The molecule has 0 fully saturated rings. The van der Waals surface area contributed by atoms with Gasteiger partial charge in [-0.25, -0.2) is 4.79 Å². The average molecular weight is 488 g/mol. The van der Waals surface area contributed by atoms with Crippen molar-refractivity contribution in [2.24, 2.45) is 5.73 Å². The van der Waals surface area contributed by atoms with E-state index >= 15 is 0 Å². The Morgan fingerprint density at radius 1 is 0.972 bits per heavy atom. The summed E-state index contributed by atoms with van der Waals surface area (Å²) in [6.07, 6.45) is -0.178. The molecule has 0 bridgehead atoms. The summed E-state index contributed by atoms with van der Waals surface area (Å²) in [6.45, 7) is 5.78. The van der Waals surface area contributed by atoms with Gasteiger partial charge >= 0.3 is 11.9 Å². The van der Waals surface area contributed by atoms with Crippen molar-refractivity contribution in [3.63, 3.8) is 0 Å². The Morgan fingerprint density at radius 2 is 1.72 bits per heavy atom. The summed E-state index contributed by atoms with van der Waals surface area (Å²) < 4.78 is 17.6. The third kappa shape index (κ3) is 5.75. The first-order chi connectivity index (χ1) is 17.1. The van der Waals surface area contributed by atoms with E-state index in [1.165, 1.54) is 0 Å². The van der Waals surface area contributed by atoms with E-state index in [0.29, 0.717) is 34.4 Å². The number of esters is 1. The Kier molecular flexibility index (Phi) is 7.12. The van der Waals surface area contributed by atoms with Crippen molar-refractivity contribution in [1.82, 2.24) is 0 Å². The van der Waals surface area contributed by atoms with Crippen LogP contribution in [-0.2, 0) is 29.1 Å². The van der Waals surface area contributed by atoms with Gasteiger partial charge in [0.25, 0.3) is 0 Å². The highest BCUT2D eigenvalue weighted by Gasteiger charge is 2.27. The van der Waals surface area contributed by atoms with Gasteiger partial charge in [0.05, 0.1) is 12.0 Å². The zero-order valence-electron chi connectivity index (χ0n) is 20.5. The SMILES string of the molecule is CC(C)(C)OC(=O)c1oc2ccc(-c3cccc(CN)c3)cc2c1COc1ccccc1CC(=O)O. The summed E-state index contributed by atoms with van der Waals surface area (Å²) in [5.41, 5.74) is 9.62. The molecule has 0 spiro atoms. The summed E-state index contributed by atoms with van der Waals surface area (Å²) in [5, 5.41) is 9.96. The molecule has 0 aliphatic carbocycles. The van der Waals surface area contributed by atoms with E-state index < -0.39 is 17.5 Å². The second kappa shape index (κ2) is 10.3. The van der Waals surface area contributed by atoms with Crippen molar-refractivity contribution in [2.75, 3.05) is 0 Å². The third-order valence-corrected chi connectivity index (χ3v) is 5.56. The number of furan rings is 1. The molecule has 0 amide bonds. The Bertz CT molecular complexity index is 1410. The van der Waals surface area contributed by atoms with E-state index in [2.05, 4.69) is 0 Å². The quantitative estimate of drug-likeness (QED) is 0.306. The van der Waals surface area contributed by atoms with Gasteiger partial charge < -0.3 is 24.7 Å². The number of ether oxygens (including phenoxy) is 2. The van der Waals surface area contributed by atoms with E-state index in [4.69, 9.17) is 19.6 Å². The molecule has 1 aromatic heterocycles. The lowest BCUT2D eigenvalue weighted by Gasteiger charge is -2.19. The minimum absolute atomic E-state index is 0.00942. The Hall–Kier alpha value is -4.10. The number of fused-ring (bicyclic) bond motifs is 1. The van der Waals surface area contributed by atoms with Crippen LogP contribution in [0, 0.1) is 0 Å². The zero-order valence-corrected chi connectivity index (χ0v) is 20.5. The van der Waals surface area contributed by atoms with Gasteiger partial charge in [0, 0.05) is 17.5 Å². The minimum atomic E-state index is -0.960. The summed E-state index contributed by atoms with van der Waals surface area (Å²) in [4.78, 5) is 24.3. The van der Waals surface area contributed by atoms with Gasteiger partial charge in [-0.2, -0.15) is 0 Å². The molecular formula is C29H29NO6. The molecule has 0 saturated heterocycles. The first-order valence-corrected chi connectivity index (χ1v) is 11.7. The highest BCUT2D eigenvalue weighted by Crippen LogP contribution is 2.33. The number of hydrogen-bond donors (Lipinski definition) is 2. The molecule has 4 rings (SSSR count). The van der Waals surface area contributed by atoms with E-state index in [1.807, 2.05) is 42.5 Å². The molecule has 0 radical (unpaired) electrons. The molecule has 7 heteroatoms. The number of aliphatic carboxylic acids is 1. The molecule has 0 atom stereocenters. The van der Waals surface area contributed by atoms with E-state index in [1.54, 1.807) is 45.0 Å². The number of hydrogen-bond acceptors (Lipinski definition) is 6. The fourth-order valence-electron chi connectivity index (χ4n) is 3.94. The lowest BCUT2D eigenvalue weighted by molar-refractivity contribution is -0.136. The van der Waals surface area contributed by atoms with Gasteiger partial charge in [-0.15, -0.1) is 0 Å². The van der Waals surface area contributed by atoms with Crippen LogP contribution in [-0.4, -0.2) is 22.6 Å². The van der Waals surface area contributed by atoms with Crippen LogP contribution >= 0.6 is 0 Å². The highest BCUT2D eigenvalue weighted by molar-refractivity contribution is 5.97. The standard InChI is InChI=1S/C29H29NO6/c1-29(2,3)36-28(33)27-23(17-34-24-10-5-4-8-21(24)15-26(31)32)22-14-20(11-12-25(22)35-27)19-9-6-7-18(13-19)16-30/h4-14H,15-17,30H2,1-3H3,(H,31,32). The Morgan fingerprint density at radius 3 is 2.44 bits per heavy atom. The average Bonchev–Trinajstić information content (AvgIpc) is 3.20. The minimum Gasteiger partial charge on any atom is -0.488 e. The van der Waals surface area contributed by atoms with Crippen molar-refractivity contribution in [3.05, 3.63) is 89.2 Å². The van der Waals surface area contributed by atoms with Crippen molar-refractivity contribution in [1.29, 1.82) is 0 Å². The van der Waals surface area contributed by atoms with E-state index in [0.717, 1.165) is 16.7 Å².